The Labute approximate surface area is 110 Å². The molecular weight excluding hydrogens is 259 g/mol. The van der Waals surface area contributed by atoms with Crippen LogP contribution in [-0.2, 0) is 0 Å². The van der Waals surface area contributed by atoms with Crippen molar-refractivity contribution in [3.8, 4) is 0 Å². The van der Waals surface area contributed by atoms with Crippen molar-refractivity contribution in [1.82, 2.24) is 0 Å². The van der Waals surface area contributed by atoms with E-state index >= 15 is 0 Å². The highest BCUT2D eigenvalue weighted by Gasteiger charge is 2.06. The van der Waals surface area contributed by atoms with Gasteiger partial charge in [0.2, 0.25) is 0 Å². The van der Waals surface area contributed by atoms with Gasteiger partial charge in [0.25, 0.3) is 0 Å². The molecular formula is C13H10Cl2S. The van der Waals surface area contributed by atoms with Gasteiger partial charge in [0.15, 0.2) is 0 Å². The molecule has 82 valence electrons. The van der Waals surface area contributed by atoms with Gasteiger partial charge in [-0.2, -0.15) is 0 Å². The largest absolute Gasteiger partial charge is 0.0870 e. The third kappa shape index (κ3) is 2.73. The van der Waals surface area contributed by atoms with Gasteiger partial charge in [0.05, 0.1) is 10.0 Å². The van der Waals surface area contributed by atoms with Gasteiger partial charge in [-0.25, -0.2) is 0 Å². The van der Waals surface area contributed by atoms with Crippen molar-refractivity contribution >= 4 is 35.0 Å². The molecule has 3 heteroatoms. The highest BCUT2D eigenvalue weighted by atomic mass is 35.5. The van der Waals surface area contributed by atoms with Crippen LogP contribution in [0.2, 0.25) is 10.0 Å². The average Bonchev–Trinajstić information content (AvgIpc) is 2.26. The van der Waals surface area contributed by atoms with Crippen LogP contribution in [0.3, 0.4) is 0 Å². The summed E-state index contributed by atoms with van der Waals surface area (Å²) in [5.74, 6) is 0. The summed E-state index contributed by atoms with van der Waals surface area (Å²) in [6, 6.07) is 13.8. The molecule has 0 aliphatic carbocycles. The number of benzene rings is 2. The quantitative estimate of drug-likeness (QED) is 0.698. The van der Waals surface area contributed by atoms with E-state index in [1.165, 1.54) is 5.56 Å². The standard InChI is InChI=1S/C13H10Cl2S/c1-9-5-7-10(8-6-9)16-13-11(14)3-2-4-12(13)15/h2-8H,1H3. The number of aryl methyl sites for hydroxylation is 1. The third-order valence-corrected chi connectivity index (χ3v) is 4.17. The van der Waals surface area contributed by atoms with Crippen molar-refractivity contribution in [1.29, 1.82) is 0 Å². The lowest BCUT2D eigenvalue weighted by Gasteiger charge is -2.06. The maximum absolute atomic E-state index is 6.11. The zero-order valence-corrected chi connectivity index (χ0v) is 11.0. The number of hydrogen-bond donors (Lipinski definition) is 0. The molecule has 0 aliphatic heterocycles. The fourth-order valence-electron chi connectivity index (χ4n) is 1.30. The normalized spacial score (nSPS) is 10.4. The Kier molecular flexibility index (Phi) is 3.80. The van der Waals surface area contributed by atoms with E-state index in [2.05, 4.69) is 31.2 Å². The number of halogens is 2. The average molecular weight is 269 g/mol. The minimum atomic E-state index is 0.693. The summed E-state index contributed by atoms with van der Waals surface area (Å²) < 4.78 is 0. The second-order valence-electron chi connectivity index (χ2n) is 3.47. The molecule has 0 aromatic heterocycles. The lowest BCUT2D eigenvalue weighted by molar-refractivity contribution is 1.36. The van der Waals surface area contributed by atoms with Crippen LogP contribution in [0.4, 0.5) is 0 Å². The van der Waals surface area contributed by atoms with E-state index in [1.54, 1.807) is 11.8 Å². The molecule has 0 amide bonds. The van der Waals surface area contributed by atoms with E-state index in [0.717, 1.165) is 9.79 Å². The fraction of sp³-hybridized carbons (Fsp3) is 0.0769. The van der Waals surface area contributed by atoms with Crippen LogP contribution in [0.5, 0.6) is 0 Å². The van der Waals surface area contributed by atoms with Crippen molar-refractivity contribution in [2.24, 2.45) is 0 Å². The molecule has 0 saturated heterocycles. The van der Waals surface area contributed by atoms with Crippen LogP contribution >= 0.6 is 35.0 Å². The molecule has 0 nitrogen and oxygen atoms in total. The minimum absolute atomic E-state index is 0.693. The number of rotatable bonds is 2. The Morgan fingerprint density at radius 1 is 0.875 bits per heavy atom. The first-order valence-electron chi connectivity index (χ1n) is 4.85. The Balaban J connectivity index is 2.30. The highest BCUT2D eigenvalue weighted by molar-refractivity contribution is 7.99. The van der Waals surface area contributed by atoms with Crippen molar-refractivity contribution in [3.05, 3.63) is 58.1 Å². The van der Waals surface area contributed by atoms with Crippen molar-refractivity contribution in [2.45, 2.75) is 16.7 Å². The smallest absolute Gasteiger partial charge is 0.0560 e. The Bertz CT molecular complexity index is 472. The van der Waals surface area contributed by atoms with Crippen LogP contribution in [0.15, 0.2) is 52.3 Å². The molecule has 2 aromatic carbocycles. The maximum atomic E-state index is 6.11. The van der Waals surface area contributed by atoms with Crippen LogP contribution < -0.4 is 0 Å². The minimum Gasteiger partial charge on any atom is -0.0870 e. The molecule has 0 spiro atoms. The van der Waals surface area contributed by atoms with Crippen molar-refractivity contribution in [3.63, 3.8) is 0 Å². The molecule has 0 bridgehead atoms. The molecule has 0 saturated carbocycles. The topological polar surface area (TPSA) is 0 Å². The Morgan fingerprint density at radius 2 is 1.44 bits per heavy atom. The summed E-state index contributed by atoms with van der Waals surface area (Å²) in [5.41, 5.74) is 1.25. The lowest BCUT2D eigenvalue weighted by Crippen LogP contribution is -1.78. The second-order valence-corrected chi connectivity index (χ2v) is 5.36. The summed E-state index contributed by atoms with van der Waals surface area (Å²) in [6.07, 6.45) is 0. The summed E-state index contributed by atoms with van der Waals surface area (Å²) in [7, 11) is 0. The molecule has 2 rings (SSSR count). The summed E-state index contributed by atoms with van der Waals surface area (Å²) in [5, 5.41) is 1.39. The second kappa shape index (κ2) is 5.13. The van der Waals surface area contributed by atoms with E-state index in [-0.39, 0.29) is 0 Å². The van der Waals surface area contributed by atoms with Gasteiger partial charge >= 0.3 is 0 Å². The first-order valence-corrected chi connectivity index (χ1v) is 6.42. The summed E-state index contributed by atoms with van der Waals surface area (Å²) in [6.45, 7) is 2.07. The fourth-order valence-corrected chi connectivity index (χ4v) is 2.77. The van der Waals surface area contributed by atoms with Gasteiger partial charge in [-0.05, 0) is 31.2 Å². The highest BCUT2D eigenvalue weighted by Crippen LogP contribution is 2.38. The molecule has 16 heavy (non-hydrogen) atoms. The monoisotopic (exact) mass is 268 g/mol. The SMILES string of the molecule is Cc1ccc(Sc2c(Cl)cccc2Cl)cc1. The van der Waals surface area contributed by atoms with E-state index in [0.29, 0.717) is 10.0 Å². The van der Waals surface area contributed by atoms with Crippen LogP contribution in [-0.4, -0.2) is 0 Å². The number of hydrogen-bond acceptors (Lipinski definition) is 1. The van der Waals surface area contributed by atoms with E-state index in [4.69, 9.17) is 23.2 Å². The molecule has 2 aromatic rings. The molecule has 0 unspecified atom stereocenters. The molecule has 0 radical (unpaired) electrons. The van der Waals surface area contributed by atoms with Crippen LogP contribution in [0.1, 0.15) is 5.56 Å². The molecule has 0 aliphatic rings. The Hall–Kier alpha value is -0.630. The van der Waals surface area contributed by atoms with Crippen LogP contribution in [0.25, 0.3) is 0 Å². The summed E-state index contributed by atoms with van der Waals surface area (Å²) >= 11 is 13.8. The third-order valence-electron chi connectivity index (χ3n) is 2.16. The first-order chi connectivity index (χ1) is 7.66. The van der Waals surface area contributed by atoms with Gasteiger partial charge in [0, 0.05) is 9.79 Å². The van der Waals surface area contributed by atoms with Gasteiger partial charge in [-0.3, -0.25) is 0 Å². The van der Waals surface area contributed by atoms with Gasteiger partial charge in [-0.15, -0.1) is 0 Å². The Morgan fingerprint density at radius 3 is 2.00 bits per heavy atom. The summed E-state index contributed by atoms with van der Waals surface area (Å²) in [4.78, 5) is 2.05. The van der Waals surface area contributed by atoms with Gasteiger partial charge in [-0.1, -0.05) is 58.7 Å². The van der Waals surface area contributed by atoms with E-state index in [1.807, 2.05) is 18.2 Å². The maximum Gasteiger partial charge on any atom is 0.0560 e. The lowest BCUT2D eigenvalue weighted by atomic mass is 10.2. The van der Waals surface area contributed by atoms with E-state index in [9.17, 15) is 0 Å². The predicted molar refractivity (Wildman–Crippen MR) is 71.8 cm³/mol. The van der Waals surface area contributed by atoms with Crippen LogP contribution in [0, 0.1) is 6.92 Å². The predicted octanol–water partition coefficient (Wildman–Crippen LogP) is 5.45. The van der Waals surface area contributed by atoms with Gasteiger partial charge in [0.1, 0.15) is 0 Å². The molecule has 0 heterocycles. The van der Waals surface area contributed by atoms with E-state index < -0.39 is 0 Å². The zero-order chi connectivity index (χ0) is 11.5. The molecule has 0 N–H and O–H groups in total. The first kappa shape index (κ1) is 11.8. The van der Waals surface area contributed by atoms with Crippen molar-refractivity contribution < 1.29 is 0 Å². The molecule has 0 atom stereocenters. The molecule has 0 fully saturated rings. The zero-order valence-electron chi connectivity index (χ0n) is 8.71. The van der Waals surface area contributed by atoms with Crippen molar-refractivity contribution in [2.75, 3.05) is 0 Å². The van der Waals surface area contributed by atoms with Gasteiger partial charge < -0.3 is 0 Å².